The molecule has 2 aromatic heterocycles. The smallest absolute Gasteiger partial charge is 0.226 e. The normalized spacial score (nSPS) is 10.2. The van der Waals surface area contributed by atoms with Gasteiger partial charge in [-0.3, -0.25) is 4.79 Å². The Balaban J connectivity index is 1.89. The fraction of sp³-hybridized carbons (Fsp3) is 0.231. The van der Waals surface area contributed by atoms with Gasteiger partial charge < -0.3 is 10.1 Å². The third kappa shape index (κ3) is 4.04. The summed E-state index contributed by atoms with van der Waals surface area (Å²) in [5.41, 5.74) is 0.696. The number of halogens is 1. The van der Waals surface area contributed by atoms with E-state index in [2.05, 4.69) is 26.2 Å². The van der Waals surface area contributed by atoms with Crippen LogP contribution >= 0.6 is 27.3 Å². The third-order valence-corrected chi connectivity index (χ3v) is 4.40. The zero-order chi connectivity index (χ0) is 13.7. The molecular formula is C13H13BrN2O2S. The van der Waals surface area contributed by atoms with E-state index in [9.17, 15) is 4.79 Å². The van der Waals surface area contributed by atoms with Gasteiger partial charge in [0.2, 0.25) is 11.8 Å². The van der Waals surface area contributed by atoms with E-state index in [1.54, 1.807) is 24.5 Å². The lowest BCUT2D eigenvalue weighted by atomic mass is 10.2. The summed E-state index contributed by atoms with van der Waals surface area (Å²) in [7, 11) is 1.56. The fourth-order valence-electron chi connectivity index (χ4n) is 1.53. The Morgan fingerprint density at radius 2 is 2.32 bits per heavy atom. The summed E-state index contributed by atoms with van der Waals surface area (Å²) in [5.74, 6) is 0.465. The molecule has 0 aromatic carbocycles. The van der Waals surface area contributed by atoms with E-state index in [1.165, 1.54) is 0 Å². The van der Waals surface area contributed by atoms with Gasteiger partial charge in [-0.2, -0.15) is 0 Å². The summed E-state index contributed by atoms with van der Waals surface area (Å²) in [4.78, 5) is 17.1. The lowest BCUT2D eigenvalue weighted by molar-refractivity contribution is -0.120. The van der Waals surface area contributed by atoms with Gasteiger partial charge >= 0.3 is 0 Å². The van der Waals surface area contributed by atoms with Gasteiger partial charge in [0.25, 0.3) is 0 Å². The van der Waals surface area contributed by atoms with E-state index in [4.69, 9.17) is 4.74 Å². The van der Waals surface area contributed by atoms with Crippen LogP contribution in [0.15, 0.2) is 34.1 Å². The van der Waals surface area contributed by atoms with Crippen molar-refractivity contribution in [2.24, 2.45) is 0 Å². The molecule has 2 rings (SSSR count). The Labute approximate surface area is 124 Å². The molecule has 6 heteroatoms. The zero-order valence-corrected chi connectivity index (χ0v) is 12.8. The van der Waals surface area contributed by atoms with Gasteiger partial charge in [0.05, 0.1) is 25.8 Å². The maximum Gasteiger partial charge on any atom is 0.226 e. The summed E-state index contributed by atoms with van der Waals surface area (Å²) >= 11 is 5.04. The molecule has 19 heavy (non-hydrogen) atoms. The lowest BCUT2D eigenvalue weighted by Gasteiger charge is -2.05. The molecular weight excluding hydrogens is 328 g/mol. The van der Waals surface area contributed by atoms with Gasteiger partial charge in [-0.05, 0) is 33.4 Å². The molecule has 0 aliphatic carbocycles. The Morgan fingerprint density at radius 1 is 1.47 bits per heavy atom. The summed E-state index contributed by atoms with van der Waals surface area (Å²) < 4.78 is 6.05. The summed E-state index contributed by atoms with van der Waals surface area (Å²) in [6.07, 6.45) is 0.250. The van der Waals surface area contributed by atoms with Gasteiger partial charge in [-0.25, -0.2) is 4.98 Å². The standard InChI is InChI=1S/C13H13BrN2O2S/c1-18-13-4-2-3-9(16-13)7-12(17)15-8-11-10(14)5-6-19-11/h2-6H,7-8H2,1H3,(H,15,17). The molecule has 0 atom stereocenters. The number of hydrogen-bond donors (Lipinski definition) is 1. The first-order valence-corrected chi connectivity index (χ1v) is 7.35. The first-order chi connectivity index (χ1) is 9.19. The average Bonchev–Trinajstić information content (AvgIpc) is 2.82. The van der Waals surface area contributed by atoms with Crippen molar-refractivity contribution >= 4 is 33.2 Å². The molecule has 100 valence electrons. The second kappa shape index (κ2) is 6.68. The van der Waals surface area contributed by atoms with Crippen molar-refractivity contribution in [3.8, 4) is 5.88 Å². The molecule has 0 saturated carbocycles. The highest BCUT2D eigenvalue weighted by Crippen LogP contribution is 2.22. The number of carbonyl (C=O) groups excluding carboxylic acids is 1. The number of rotatable bonds is 5. The van der Waals surface area contributed by atoms with Crippen LogP contribution < -0.4 is 10.1 Å². The Bertz CT molecular complexity index is 571. The van der Waals surface area contributed by atoms with Crippen molar-refractivity contribution in [1.82, 2.24) is 10.3 Å². The van der Waals surface area contributed by atoms with Crippen LogP contribution in [0, 0.1) is 0 Å². The highest BCUT2D eigenvalue weighted by atomic mass is 79.9. The van der Waals surface area contributed by atoms with Crippen LogP contribution in [0.3, 0.4) is 0 Å². The minimum atomic E-state index is -0.0546. The molecule has 0 saturated heterocycles. The quantitative estimate of drug-likeness (QED) is 0.910. The van der Waals surface area contributed by atoms with Crippen molar-refractivity contribution in [2.45, 2.75) is 13.0 Å². The van der Waals surface area contributed by atoms with E-state index < -0.39 is 0 Å². The molecule has 0 spiro atoms. The SMILES string of the molecule is COc1cccc(CC(=O)NCc2sccc2Br)n1. The average molecular weight is 341 g/mol. The fourth-order valence-corrected chi connectivity index (χ4v) is 2.96. The van der Waals surface area contributed by atoms with Gasteiger partial charge in [-0.15, -0.1) is 11.3 Å². The summed E-state index contributed by atoms with van der Waals surface area (Å²) in [6.45, 7) is 0.529. The van der Waals surface area contributed by atoms with Crippen LogP contribution in [0.4, 0.5) is 0 Å². The van der Waals surface area contributed by atoms with Crippen LogP contribution in [-0.4, -0.2) is 18.0 Å². The largest absolute Gasteiger partial charge is 0.481 e. The first kappa shape index (κ1) is 14.0. The number of amides is 1. The van der Waals surface area contributed by atoms with Gasteiger partial charge in [0, 0.05) is 15.4 Å². The number of pyridine rings is 1. The molecule has 0 fully saturated rings. The highest BCUT2D eigenvalue weighted by Gasteiger charge is 2.07. The van der Waals surface area contributed by atoms with Gasteiger partial charge in [0.15, 0.2) is 0 Å². The van der Waals surface area contributed by atoms with Crippen LogP contribution in [0.25, 0.3) is 0 Å². The summed E-state index contributed by atoms with van der Waals surface area (Å²) in [6, 6.07) is 7.35. The maximum absolute atomic E-state index is 11.8. The molecule has 1 N–H and O–H groups in total. The molecule has 4 nitrogen and oxygen atoms in total. The van der Waals surface area contributed by atoms with Crippen molar-refractivity contribution in [2.75, 3.05) is 7.11 Å². The van der Waals surface area contributed by atoms with Crippen molar-refractivity contribution in [3.05, 3.63) is 44.7 Å². The Kier molecular flexibility index (Phi) is 4.93. The number of nitrogens with one attached hydrogen (secondary N) is 1. The molecule has 0 unspecified atom stereocenters. The number of hydrogen-bond acceptors (Lipinski definition) is 4. The minimum Gasteiger partial charge on any atom is -0.481 e. The van der Waals surface area contributed by atoms with E-state index in [0.717, 1.165) is 9.35 Å². The van der Waals surface area contributed by atoms with Crippen LogP contribution in [0.2, 0.25) is 0 Å². The van der Waals surface area contributed by atoms with E-state index in [-0.39, 0.29) is 12.3 Å². The first-order valence-electron chi connectivity index (χ1n) is 5.67. The van der Waals surface area contributed by atoms with E-state index in [1.807, 2.05) is 23.6 Å². The minimum absolute atomic E-state index is 0.0546. The van der Waals surface area contributed by atoms with Gasteiger partial charge in [0.1, 0.15) is 0 Å². The second-order valence-corrected chi connectivity index (χ2v) is 5.67. The maximum atomic E-state index is 11.8. The number of carbonyl (C=O) groups is 1. The number of aromatic nitrogens is 1. The Morgan fingerprint density at radius 3 is 3.00 bits per heavy atom. The molecule has 0 radical (unpaired) electrons. The highest BCUT2D eigenvalue weighted by molar-refractivity contribution is 9.10. The van der Waals surface area contributed by atoms with Gasteiger partial charge in [-0.1, -0.05) is 6.07 Å². The molecule has 2 heterocycles. The molecule has 0 bridgehead atoms. The van der Waals surface area contributed by atoms with Crippen molar-refractivity contribution in [3.63, 3.8) is 0 Å². The lowest BCUT2D eigenvalue weighted by Crippen LogP contribution is -2.24. The summed E-state index contributed by atoms with van der Waals surface area (Å²) in [5, 5.41) is 4.85. The monoisotopic (exact) mass is 340 g/mol. The molecule has 2 aromatic rings. The third-order valence-electron chi connectivity index (χ3n) is 2.47. The van der Waals surface area contributed by atoms with Crippen molar-refractivity contribution in [1.29, 1.82) is 0 Å². The van der Waals surface area contributed by atoms with Crippen LogP contribution in [0.1, 0.15) is 10.6 Å². The van der Waals surface area contributed by atoms with Crippen LogP contribution in [0.5, 0.6) is 5.88 Å². The zero-order valence-electron chi connectivity index (χ0n) is 10.4. The predicted molar refractivity (Wildman–Crippen MR) is 78.4 cm³/mol. The molecule has 0 aliphatic rings. The number of nitrogens with zero attached hydrogens (tertiary/aromatic N) is 1. The Hall–Kier alpha value is -1.40. The number of methoxy groups -OCH3 is 1. The predicted octanol–water partition coefficient (Wildman–Crippen LogP) is 2.77. The van der Waals surface area contributed by atoms with E-state index >= 15 is 0 Å². The van der Waals surface area contributed by atoms with Crippen LogP contribution in [-0.2, 0) is 17.8 Å². The molecule has 0 aliphatic heterocycles. The topological polar surface area (TPSA) is 51.2 Å². The number of thiophene rings is 1. The molecule has 1 amide bonds. The second-order valence-electron chi connectivity index (χ2n) is 3.82. The van der Waals surface area contributed by atoms with E-state index in [0.29, 0.717) is 18.1 Å². The number of ether oxygens (including phenoxy) is 1. The van der Waals surface area contributed by atoms with Crippen molar-refractivity contribution < 1.29 is 9.53 Å².